The monoisotopic (exact) mass is 290 g/mol. The summed E-state index contributed by atoms with van der Waals surface area (Å²) in [6.45, 7) is 6.45. The maximum Gasteiger partial charge on any atom is 0.326 e. The molecule has 118 valence electrons. The first-order valence-corrected chi connectivity index (χ1v) is 6.62. The van der Waals surface area contributed by atoms with Gasteiger partial charge in [-0.1, -0.05) is 13.8 Å². The number of ether oxygens (including phenoxy) is 2. The Bertz CT molecular complexity index is 309. The molecule has 7 heteroatoms. The zero-order valence-electron chi connectivity index (χ0n) is 12.9. The van der Waals surface area contributed by atoms with Crippen LogP contribution in [0.1, 0.15) is 20.8 Å². The molecule has 0 bridgehead atoms. The number of amides is 2. The molecule has 0 rings (SSSR count). The lowest BCUT2D eigenvalue weighted by Gasteiger charge is -2.30. The summed E-state index contributed by atoms with van der Waals surface area (Å²) in [5.74, 6) is -1.24. The molecule has 0 aliphatic heterocycles. The number of carboxylic acids is 1. The summed E-state index contributed by atoms with van der Waals surface area (Å²) >= 11 is 0. The zero-order chi connectivity index (χ0) is 15.7. The van der Waals surface area contributed by atoms with Gasteiger partial charge in [0, 0.05) is 20.8 Å². The number of aliphatic carboxylic acids is 1. The molecule has 0 fully saturated rings. The summed E-state index contributed by atoms with van der Waals surface area (Å²) < 4.78 is 10.0. The predicted molar refractivity (Wildman–Crippen MR) is 74.7 cm³/mol. The summed E-state index contributed by atoms with van der Waals surface area (Å²) in [5.41, 5.74) is 0. The van der Waals surface area contributed by atoms with Gasteiger partial charge in [0.25, 0.3) is 0 Å². The summed E-state index contributed by atoms with van der Waals surface area (Å²) in [4.78, 5) is 24.9. The fourth-order valence-electron chi connectivity index (χ4n) is 1.77. The SMILES string of the molecule is COCCN(C(=O)N[C@@H](C(=O)O)C(C)C)C(C)COC. The van der Waals surface area contributed by atoms with Crippen molar-refractivity contribution in [2.45, 2.75) is 32.9 Å². The van der Waals surface area contributed by atoms with Crippen LogP contribution < -0.4 is 5.32 Å². The van der Waals surface area contributed by atoms with Crippen molar-refractivity contribution in [1.82, 2.24) is 10.2 Å². The molecule has 0 aromatic rings. The fraction of sp³-hybridized carbons (Fsp3) is 0.846. The van der Waals surface area contributed by atoms with Gasteiger partial charge in [-0.2, -0.15) is 0 Å². The molecule has 0 spiro atoms. The number of carbonyl (C=O) groups excluding carboxylic acids is 1. The number of rotatable bonds is 9. The van der Waals surface area contributed by atoms with Crippen molar-refractivity contribution in [3.05, 3.63) is 0 Å². The molecule has 0 saturated heterocycles. The van der Waals surface area contributed by atoms with Crippen molar-refractivity contribution in [2.24, 2.45) is 5.92 Å². The van der Waals surface area contributed by atoms with Gasteiger partial charge in [-0.3, -0.25) is 0 Å². The minimum Gasteiger partial charge on any atom is -0.480 e. The molecule has 2 N–H and O–H groups in total. The molecule has 2 amide bonds. The summed E-state index contributed by atoms with van der Waals surface area (Å²) in [5, 5.41) is 11.7. The van der Waals surface area contributed by atoms with Crippen molar-refractivity contribution in [1.29, 1.82) is 0 Å². The minimum absolute atomic E-state index is 0.170. The standard InChI is InChI=1S/C13H26N2O5/c1-9(2)11(12(16)17)14-13(18)15(6-7-19-4)10(3)8-20-5/h9-11H,6-8H2,1-5H3,(H,14,18)(H,16,17)/t10?,11-/m1/s1. The Morgan fingerprint density at radius 1 is 1.20 bits per heavy atom. The third-order valence-electron chi connectivity index (χ3n) is 2.95. The molecule has 0 aliphatic rings. The molecule has 7 nitrogen and oxygen atoms in total. The van der Waals surface area contributed by atoms with Crippen LogP contribution in [0.4, 0.5) is 4.79 Å². The van der Waals surface area contributed by atoms with Crippen molar-refractivity contribution in [3.63, 3.8) is 0 Å². The molecule has 0 saturated carbocycles. The largest absolute Gasteiger partial charge is 0.480 e. The van der Waals surface area contributed by atoms with E-state index in [1.165, 1.54) is 4.90 Å². The Hall–Kier alpha value is -1.34. The number of nitrogens with zero attached hydrogens (tertiary/aromatic N) is 1. The van der Waals surface area contributed by atoms with Gasteiger partial charge in [0.15, 0.2) is 0 Å². The highest BCUT2D eigenvalue weighted by molar-refractivity contribution is 5.82. The Morgan fingerprint density at radius 3 is 2.20 bits per heavy atom. The molecule has 0 heterocycles. The smallest absolute Gasteiger partial charge is 0.326 e. The summed E-state index contributed by atoms with van der Waals surface area (Å²) in [6.07, 6.45) is 0. The Labute approximate surface area is 120 Å². The fourth-order valence-corrected chi connectivity index (χ4v) is 1.77. The second-order valence-electron chi connectivity index (χ2n) is 5.00. The zero-order valence-corrected chi connectivity index (χ0v) is 12.9. The topological polar surface area (TPSA) is 88.1 Å². The lowest BCUT2D eigenvalue weighted by atomic mass is 10.1. The summed E-state index contributed by atoms with van der Waals surface area (Å²) in [6, 6.07) is -1.51. The highest BCUT2D eigenvalue weighted by Crippen LogP contribution is 2.06. The maximum absolute atomic E-state index is 12.2. The first-order valence-electron chi connectivity index (χ1n) is 6.62. The van der Waals surface area contributed by atoms with Gasteiger partial charge in [-0.25, -0.2) is 9.59 Å². The van der Waals surface area contributed by atoms with E-state index in [4.69, 9.17) is 14.6 Å². The Kier molecular flexibility index (Phi) is 8.91. The van der Waals surface area contributed by atoms with Crippen molar-refractivity contribution >= 4 is 12.0 Å². The van der Waals surface area contributed by atoms with Crippen LogP contribution in [0.5, 0.6) is 0 Å². The average molecular weight is 290 g/mol. The Balaban J connectivity index is 4.79. The third-order valence-corrected chi connectivity index (χ3v) is 2.95. The van der Waals surface area contributed by atoms with Crippen LogP contribution in [0.3, 0.4) is 0 Å². The molecular formula is C13H26N2O5. The quantitative estimate of drug-likeness (QED) is 0.655. The van der Waals surface area contributed by atoms with Gasteiger partial charge in [-0.15, -0.1) is 0 Å². The molecule has 1 unspecified atom stereocenters. The van der Waals surface area contributed by atoms with E-state index >= 15 is 0 Å². The average Bonchev–Trinajstić information content (AvgIpc) is 2.35. The van der Waals surface area contributed by atoms with E-state index in [0.29, 0.717) is 19.8 Å². The molecule has 0 aliphatic carbocycles. The van der Waals surface area contributed by atoms with Crippen molar-refractivity contribution in [3.8, 4) is 0 Å². The summed E-state index contributed by atoms with van der Waals surface area (Å²) in [7, 11) is 3.10. The van der Waals surface area contributed by atoms with E-state index in [0.717, 1.165) is 0 Å². The number of nitrogens with one attached hydrogen (secondary N) is 1. The number of hydrogen-bond acceptors (Lipinski definition) is 4. The van der Waals surface area contributed by atoms with Crippen LogP contribution in [-0.4, -0.2) is 68.1 Å². The van der Waals surface area contributed by atoms with Crippen molar-refractivity contribution < 1.29 is 24.2 Å². The van der Waals surface area contributed by atoms with E-state index in [1.807, 2.05) is 6.92 Å². The van der Waals surface area contributed by atoms with Crippen LogP contribution in [0.15, 0.2) is 0 Å². The number of urea groups is 1. The highest BCUT2D eigenvalue weighted by atomic mass is 16.5. The van der Waals surface area contributed by atoms with Crippen molar-refractivity contribution in [2.75, 3.05) is 34.0 Å². The first-order chi connectivity index (χ1) is 9.34. The van der Waals surface area contributed by atoms with E-state index in [1.54, 1.807) is 28.1 Å². The van der Waals surface area contributed by atoms with Gasteiger partial charge in [0.2, 0.25) is 0 Å². The highest BCUT2D eigenvalue weighted by Gasteiger charge is 2.27. The number of hydrogen-bond donors (Lipinski definition) is 2. The van der Waals surface area contributed by atoms with E-state index in [2.05, 4.69) is 5.32 Å². The third kappa shape index (κ3) is 6.21. The minimum atomic E-state index is -1.04. The van der Waals surface area contributed by atoms with Gasteiger partial charge < -0.3 is 24.8 Å². The molecule has 2 atom stereocenters. The second-order valence-corrected chi connectivity index (χ2v) is 5.00. The molecule has 20 heavy (non-hydrogen) atoms. The Morgan fingerprint density at radius 2 is 1.80 bits per heavy atom. The van der Waals surface area contributed by atoms with E-state index in [-0.39, 0.29) is 12.0 Å². The normalized spacial score (nSPS) is 13.9. The van der Waals surface area contributed by atoms with E-state index < -0.39 is 18.0 Å². The van der Waals surface area contributed by atoms with E-state index in [9.17, 15) is 9.59 Å². The van der Waals surface area contributed by atoms with Gasteiger partial charge in [-0.05, 0) is 12.8 Å². The molecule has 0 aromatic carbocycles. The van der Waals surface area contributed by atoms with Gasteiger partial charge >= 0.3 is 12.0 Å². The first kappa shape index (κ1) is 18.7. The van der Waals surface area contributed by atoms with Gasteiger partial charge in [0.05, 0.1) is 19.3 Å². The van der Waals surface area contributed by atoms with Crippen LogP contribution in [-0.2, 0) is 14.3 Å². The maximum atomic E-state index is 12.2. The number of carbonyl (C=O) groups is 2. The van der Waals surface area contributed by atoms with Crippen LogP contribution in [0, 0.1) is 5.92 Å². The second kappa shape index (κ2) is 9.55. The predicted octanol–water partition coefficient (Wildman–Crippen LogP) is 0.789. The number of carboxylic acid groups (broad SMARTS) is 1. The molecular weight excluding hydrogens is 264 g/mol. The molecule has 0 radical (unpaired) electrons. The molecule has 0 aromatic heterocycles. The number of methoxy groups -OCH3 is 2. The van der Waals surface area contributed by atoms with Crippen LogP contribution in [0.25, 0.3) is 0 Å². The van der Waals surface area contributed by atoms with Gasteiger partial charge in [0.1, 0.15) is 6.04 Å². The van der Waals surface area contributed by atoms with Crippen LogP contribution >= 0.6 is 0 Å². The lowest BCUT2D eigenvalue weighted by Crippen LogP contribution is -2.54. The van der Waals surface area contributed by atoms with Crippen LogP contribution in [0.2, 0.25) is 0 Å². The lowest BCUT2D eigenvalue weighted by molar-refractivity contribution is -0.140.